The molecule has 0 saturated carbocycles. The lowest BCUT2D eigenvalue weighted by Gasteiger charge is -2.62. The number of furan rings is 1. The summed E-state index contributed by atoms with van der Waals surface area (Å²) in [5, 5.41) is 2.51. The number of aryl methyl sites for hydroxylation is 1. The number of rotatable bonds is 6. The molecule has 0 aliphatic carbocycles. The summed E-state index contributed by atoms with van der Waals surface area (Å²) in [6.07, 6.45) is 12.5. The van der Waals surface area contributed by atoms with Gasteiger partial charge in [-0.05, 0) is 42.4 Å². The first-order chi connectivity index (χ1) is 14.7. The van der Waals surface area contributed by atoms with Gasteiger partial charge < -0.3 is 14.2 Å². The van der Waals surface area contributed by atoms with E-state index < -0.39 is 0 Å². The highest BCUT2D eigenvalue weighted by atomic mass is 16.3. The molecular formula is C27H32N2O. The highest BCUT2D eigenvalue weighted by Gasteiger charge is 2.60. The molecule has 3 heteroatoms. The van der Waals surface area contributed by atoms with Gasteiger partial charge in [0.05, 0.1) is 5.69 Å². The third kappa shape index (κ3) is 2.32. The van der Waals surface area contributed by atoms with Crippen molar-refractivity contribution < 1.29 is 4.42 Å². The molecule has 3 aromatic rings. The minimum absolute atomic E-state index is 0.316. The molecule has 0 radical (unpaired) electrons. The lowest BCUT2D eigenvalue weighted by Crippen LogP contribution is -2.68. The number of benzene rings is 2. The van der Waals surface area contributed by atoms with Gasteiger partial charge in [-0.3, -0.25) is 0 Å². The zero-order valence-electron chi connectivity index (χ0n) is 18.4. The van der Waals surface area contributed by atoms with Crippen LogP contribution in [-0.2, 0) is 6.42 Å². The molecule has 1 unspecified atom stereocenters. The van der Waals surface area contributed by atoms with E-state index in [1.807, 2.05) is 0 Å². The number of fused-ring (bicyclic) bond motifs is 6. The third-order valence-electron chi connectivity index (χ3n) is 7.98. The second-order valence-corrected chi connectivity index (χ2v) is 9.84. The molecule has 0 amide bonds. The molecule has 0 bridgehead atoms. The smallest absolute Gasteiger partial charge is 0.159 e. The normalized spacial score (nSPS) is 26.4. The van der Waals surface area contributed by atoms with Crippen molar-refractivity contribution in [3.63, 3.8) is 0 Å². The Labute approximate surface area is 179 Å². The van der Waals surface area contributed by atoms with Gasteiger partial charge in [-0.25, -0.2) is 0 Å². The molecule has 1 aromatic heterocycles. The molecule has 2 aromatic carbocycles. The van der Waals surface area contributed by atoms with Crippen LogP contribution >= 0.6 is 0 Å². The van der Waals surface area contributed by atoms with E-state index >= 15 is 0 Å². The van der Waals surface area contributed by atoms with Crippen LogP contribution in [0.2, 0.25) is 0 Å². The van der Waals surface area contributed by atoms with Crippen LogP contribution in [0.25, 0.3) is 21.9 Å². The number of hydrogen-bond acceptors (Lipinski definition) is 3. The van der Waals surface area contributed by atoms with E-state index in [-0.39, 0.29) is 0 Å². The van der Waals surface area contributed by atoms with Crippen molar-refractivity contribution in [1.82, 2.24) is 4.90 Å². The molecular weight excluding hydrogens is 368 g/mol. The molecule has 3 nitrogen and oxygen atoms in total. The first-order valence-corrected chi connectivity index (χ1v) is 11.9. The predicted octanol–water partition coefficient (Wildman–Crippen LogP) is 7.16. The Balaban J connectivity index is 1.46. The van der Waals surface area contributed by atoms with Crippen molar-refractivity contribution in [3.05, 3.63) is 53.9 Å². The van der Waals surface area contributed by atoms with Gasteiger partial charge in [0.2, 0.25) is 0 Å². The second-order valence-electron chi connectivity index (χ2n) is 9.84. The van der Waals surface area contributed by atoms with E-state index in [2.05, 4.69) is 73.3 Å². The van der Waals surface area contributed by atoms with Crippen LogP contribution in [0, 0.1) is 5.41 Å². The van der Waals surface area contributed by atoms with Crippen molar-refractivity contribution in [2.75, 3.05) is 11.4 Å². The first kappa shape index (κ1) is 18.4. The van der Waals surface area contributed by atoms with Crippen LogP contribution in [-0.4, -0.2) is 17.6 Å². The summed E-state index contributed by atoms with van der Waals surface area (Å²) in [6.45, 7) is 8.24. The van der Waals surface area contributed by atoms with Crippen LogP contribution in [0.3, 0.4) is 0 Å². The highest BCUT2D eigenvalue weighted by Crippen LogP contribution is 2.61. The fraction of sp³-hybridized carbons (Fsp3) is 0.481. The van der Waals surface area contributed by atoms with Gasteiger partial charge in [-0.15, -0.1) is 0 Å². The average molecular weight is 401 g/mol. The lowest BCUT2D eigenvalue weighted by atomic mass is 9.62. The predicted molar refractivity (Wildman–Crippen MR) is 125 cm³/mol. The van der Waals surface area contributed by atoms with E-state index in [9.17, 15) is 0 Å². The van der Waals surface area contributed by atoms with Gasteiger partial charge in [-0.1, -0.05) is 64.3 Å². The summed E-state index contributed by atoms with van der Waals surface area (Å²) < 4.78 is 6.61. The van der Waals surface area contributed by atoms with Crippen LogP contribution in [0.1, 0.15) is 69.9 Å². The summed E-state index contributed by atoms with van der Waals surface area (Å²) in [5.74, 6) is 0.580. The number of unbranched alkanes of at least 4 members (excludes halogenated alkanes) is 3. The molecule has 1 fully saturated rings. The quantitative estimate of drug-likeness (QED) is 0.409. The molecule has 0 spiro atoms. The Kier molecular flexibility index (Phi) is 4.00. The standard InChI is InChI=1S/C27H32N2O/c1-4-6-7-8-9-18-10-11-19-20-12-13-21-22(5-2)27(3)17-28-14-15-29(26(27)28)24(21)25(20)30-23(19)16-18/h10-16,22,26H,4-9,17H2,1-3H3/t22?,26-,27-/m1/s1. The Morgan fingerprint density at radius 3 is 2.73 bits per heavy atom. The van der Waals surface area contributed by atoms with E-state index in [1.165, 1.54) is 59.7 Å². The Morgan fingerprint density at radius 2 is 1.90 bits per heavy atom. The summed E-state index contributed by atoms with van der Waals surface area (Å²) >= 11 is 0. The molecule has 156 valence electrons. The second kappa shape index (κ2) is 6.54. The maximum absolute atomic E-state index is 6.61. The minimum atomic E-state index is 0.316. The van der Waals surface area contributed by atoms with E-state index in [4.69, 9.17) is 4.42 Å². The SMILES string of the molecule is CCCCCCc1ccc2c(c1)oc1c3c(ccc12)C(CC)[C@@]1(C)CN2C=CN3[C@@H]21. The largest absolute Gasteiger partial charge is 0.454 e. The monoisotopic (exact) mass is 400 g/mol. The van der Waals surface area contributed by atoms with Crippen molar-refractivity contribution in [3.8, 4) is 0 Å². The van der Waals surface area contributed by atoms with Crippen molar-refractivity contribution in [1.29, 1.82) is 0 Å². The fourth-order valence-electron chi connectivity index (χ4n) is 6.55. The van der Waals surface area contributed by atoms with Crippen molar-refractivity contribution >= 4 is 27.6 Å². The Hall–Kier alpha value is -2.42. The van der Waals surface area contributed by atoms with Gasteiger partial charge in [0.1, 0.15) is 11.7 Å². The topological polar surface area (TPSA) is 19.6 Å². The van der Waals surface area contributed by atoms with Gasteiger partial charge in [0.25, 0.3) is 0 Å². The maximum atomic E-state index is 6.61. The number of anilines is 1. The van der Waals surface area contributed by atoms with Gasteiger partial charge in [-0.2, -0.15) is 0 Å². The first-order valence-electron chi connectivity index (χ1n) is 11.9. The van der Waals surface area contributed by atoms with Gasteiger partial charge in [0.15, 0.2) is 5.58 Å². The van der Waals surface area contributed by atoms with E-state index in [1.54, 1.807) is 0 Å². The molecule has 0 N–H and O–H groups in total. The summed E-state index contributed by atoms with van der Waals surface area (Å²) in [5.41, 5.74) is 6.61. The molecule has 30 heavy (non-hydrogen) atoms. The van der Waals surface area contributed by atoms with Crippen LogP contribution < -0.4 is 4.90 Å². The zero-order chi connectivity index (χ0) is 20.5. The van der Waals surface area contributed by atoms with E-state index in [0.29, 0.717) is 17.5 Å². The fourth-order valence-corrected chi connectivity index (χ4v) is 6.55. The Morgan fingerprint density at radius 1 is 1.03 bits per heavy atom. The summed E-state index contributed by atoms with van der Waals surface area (Å²) in [6, 6.07) is 11.6. The van der Waals surface area contributed by atoms with Gasteiger partial charge in [0, 0.05) is 35.1 Å². The van der Waals surface area contributed by atoms with Gasteiger partial charge >= 0.3 is 0 Å². The lowest BCUT2D eigenvalue weighted by molar-refractivity contribution is -0.0405. The maximum Gasteiger partial charge on any atom is 0.159 e. The highest BCUT2D eigenvalue weighted by molar-refractivity contribution is 6.10. The van der Waals surface area contributed by atoms with Crippen molar-refractivity contribution in [2.45, 2.75) is 71.4 Å². The van der Waals surface area contributed by atoms with Crippen LogP contribution in [0.15, 0.2) is 47.1 Å². The molecule has 6 rings (SSSR count). The van der Waals surface area contributed by atoms with Crippen molar-refractivity contribution in [2.24, 2.45) is 5.41 Å². The molecule has 3 aliphatic heterocycles. The Bertz CT molecular complexity index is 1160. The molecule has 3 aliphatic rings. The van der Waals surface area contributed by atoms with E-state index in [0.717, 1.165) is 24.1 Å². The van der Waals surface area contributed by atoms with Crippen LogP contribution in [0.4, 0.5) is 5.69 Å². The summed E-state index contributed by atoms with van der Waals surface area (Å²) in [7, 11) is 0. The third-order valence-corrected chi connectivity index (χ3v) is 7.98. The molecule has 3 atom stereocenters. The minimum Gasteiger partial charge on any atom is -0.454 e. The zero-order valence-corrected chi connectivity index (χ0v) is 18.4. The molecule has 1 saturated heterocycles. The average Bonchev–Trinajstić information content (AvgIpc) is 3.30. The van der Waals surface area contributed by atoms with Crippen LogP contribution in [0.5, 0.6) is 0 Å². The molecule has 4 heterocycles. The number of hydrogen-bond donors (Lipinski definition) is 0. The summed E-state index contributed by atoms with van der Waals surface area (Å²) in [4.78, 5) is 4.98. The number of nitrogens with zero attached hydrogens (tertiary/aromatic N) is 2.